The molecule has 1 heterocycles. The van der Waals surface area contributed by atoms with E-state index in [1.54, 1.807) is 12.1 Å². The molecule has 0 aliphatic carbocycles. The summed E-state index contributed by atoms with van der Waals surface area (Å²) in [7, 11) is 0. The molecule has 1 atom stereocenters. The number of alkyl halides is 3. The fourth-order valence-electron chi connectivity index (χ4n) is 2.54. The first-order chi connectivity index (χ1) is 9.75. The fraction of sp³-hybridized carbons (Fsp3) is 0.500. The quantitative estimate of drug-likeness (QED) is 0.852. The summed E-state index contributed by atoms with van der Waals surface area (Å²) in [5, 5.41) is 9.16. The maximum atomic E-state index is 13.3. The zero-order valence-electron chi connectivity index (χ0n) is 11.9. The molecule has 0 spiro atoms. The number of nitrogen functional groups attached to an aromatic ring is 1. The lowest BCUT2D eigenvalue weighted by molar-refractivity contribution is -0.148. The van der Waals surface area contributed by atoms with Gasteiger partial charge in [0.2, 0.25) is 5.82 Å². The Kier molecular flexibility index (Phi) is 4.13. The monoisotopic (exact) mass is 301 g/mol. The lowest BCUT2D eigenvalue weighted by Gasteiger charge is -2.25. The van der Waals surface area contributed by atoms with Crippen molar-refractivity contribution < 1.29 is 18.3 Å². The molecule has 1 aromatic heterocycles. The van der Waals surface area contributed by atoms with Gasteiger partial charge in [-0.05, 0) is 30.5 Å². The summed E-state index contributed by atoms with van der Waals surface area (Å²) in [6.07, 6.45) is -4.33. The van der Waals surface area contributed by atoms with E-state index in [4.69, 9.17) is 10.8 Å². The Balaban J connectivity index is 2.73. The number of rotatable bonds is 4. The first-order valence-electron chi connectivity index (χ1n) is 6.71. The van der Waals surface area contributed by atoms with Crippen LogP contribution in [-0.4, -0.2) is 21.3 Å². The minimum absolute atomic E-state index is 0.0757. The van der Waals surface area contributed by atoms with Gasteiger partial charge in [0.15, 0.2) is 0 Å². The smallest absolute Gasteiger partial charge is 0.399 e. The summed E-state index contributed by atoms with van der Waals surface area (Å²) in [5.74, 6) is -1.02. The number of hydrogen-bond acceptors (Lipinski definition) is 3. The van der Waals surface area contributed by atoms with Crippen molar-refractivity contribution in [2.45, 2.75) is 32.5 Å². The van der Waals surface area contributed by atoms with Gasteiger partial charge in [-0.2, -0.15) is 13.2 Å². The van der Waals surface area contributed by atoms with Gasteiger partial charge in [-0.25, -0.2) is 4.98 Å². The minimum Gasteiger partial charge on any atom is -0.399 e. The molecule has 0 saturated carbocycles. The topological polar surface area (TPSA) is 64.1 Å². The van der Waals surface area contributed by atoms with Gasteiger partial charge in [0.25, 0.3) is 0 Å². The molecule has 0 bridgehead atoms. The molecule has 116 valence electrons. The van der Waals surface area contributed by atoms with E-state index in [1.807, 2.05) is 13.8 Å². The summed E-state index contributed by atoms with van der Waals surface area (Å²) in [5.41, 5.74) is 6.57. The summed E-state index contributed by atoms with van der Waals surface area (Å²) in [6.45, 7) is 3.46. The van der Waals surface area contributed by atoms with Crippen molar-refractivity contribution in [3.05, 3.63) is 24.0 Å². The summed E-state index contributed by atoms with van der Waals surface area (Å²) < 4.78 is 41.0. The fourth-order valence-corrected chi connectivity index (χ4v) is 2.54. The molecule has 0 radical (unpaired) electrons. The number of anilines is 1. The maximum absolute atomic E-state index is 13.3. The zero-order chi connectivity index (χ0) is 15.8. The van der Waals surface area contributed by atoms with Crippen LogP contribution in [0.2, 0.25) is 0 Å². The molecule has 0 fully saturated rings. The van der Waals surface area contributed by atoms with E-state index in [0.717, 1.165) is 0 Å². The second-order valence-corrected chi connectivity index (χ2v) is 5.37. The highest BCUT2D eigenvalue weighted by Crippen LogP contribution is 2.37. The molecule has 7 heteroatoms. The second kappa shape index (κ2) is 5.55. The Morgan fingerprint density at radius 2 is 2.00 bits per heavy atom. The van der Waals surface area contributed by atoms with Crippen molar-refractivity contribution in [2.75, 3.05) is 12.3 Å². The zero-order valence-corrected chi connectivity index (χ0v) is 11.9. The predicted octanol–water partition coefficient (Wildman–Crippen LogP) is 3.22. The number of aliphatic hydroxyl groups excluding tert-OH is 1. The van der Waals surface area contributed by atoms with E-state index in [0.29, 0.717) is 11.2 Å². The first-order valence-corrected chi connectivity index (χ1v) is 6.71. The van der Waals surface area contributed by atoms with Crippen LogP contribution < -0.4 is 5.73 Å². The van der Waals surface area contributed by atoms with Gasteiger partial charge in [0.1, 0.15) is 0 Å². The van der Waals surface area contributed by atoms with Crippen molar-refractivity contribution in [1.82, 2.24) is 9.55 Å². The Morgan fingerprint density at radius 3 is 2.52 bits per heavy atom. The maximum Gasteiger partial charge on any atom is 0.449 e. The van der Waals surface area contributed by atoms with Crippen LogP contribution in [0.25, 0.3) is 11.0 Å². The Morgan fingerprint density at radius 1 is 1.33 bits per heavy atom. The predicted molar refractivity (Wildman–Crippen MR) is 74.7 cm³/mol. The van der Waals surface area contributed by atoms with Crippen LogP contribution in [-0.2, 0) is 6.18 Å². The van der Waals surface area contributed by atoms with Crippen LogP contribution in [0.5, 0.6) is 0 Å². The summed E-state index contributed by atoms with van der Waals surface area (Å²) in [4.78, 5) is 3.71. The number of nitrogens with zero attached hydrogens (tertiary/aromatic N) is 2. The van der Waals surface area contributed by atoms with Gasteiger partial charge in [-0.3, -0.25) is 0 Å². The van der Waals surface area contributed by atoms with E-state index in [-0.39, 0.29) is 24.5 Å². The summed E-state index contributed by atoms with van der Waals surface area (Å²) in [6, 6.07) is 4.04. The lowest BCUT2D eigenvalue weighted by Crippen LogP contribution is -2.23. The van der Waals surface area contributed by atoms with Crippen molar-refractivity contribution in [2.24, 2.45) is 5.92 Å². The van der Waals surface area contributed by atoms with Gasteiger partial charge in [0, 0.05) is 18.3 Å². The molecular weight excluding hydrogens is 283 g/mol. The molecular formula is C14H18F3N3O. The van der Waals surface area contributed by atoms with Crippen LogP contribution in [0.3, 0.4) is 0 Å². The SMILES string of the molecule is CC(C)C(CCO)n1c(C(F)(F)F)nc2cc(N)ccc21. The average Bonchev–Trinajstić information content (AvgIpc) is 2.73. The first kappa shape index (κ1) is 15.6. The van der Waals surface area contributed by atoms with Crippen LogP contribution in [0, 0.1) is 5.92 Å². The van der Waals surface area contributed by atoms with Crippen LogP contribution >= 0.6 is 0 Å². The molecule has 21 heavy (non-hydrogen) atoms. The Labute approximate surface area is 120 Å². The van der Waals surface area contributed by atoms with Crippen molar-refractivity contribution in [3.8, 4) is 0 Å². The number of aliphatic hydroxyl groups is 1. The van der Waals surface area contributed by atoms with Gasteiger partial charge in [0.05, 0.1) is 11.0 Å². The van der Waals surface area contributed by atoms with E-state index in [1.165, 1.54) is 10.6 Å². The third kappa shape index (κ3) is 2.97. The van der Waals surface area contributed by atoms with E-state index in [9.17, 15) is 13.2 Å². The number of fused-ring (bicyclic) bond motifs is 1. The number of imidazole rings is 1. The molecule has 0 aliphatic heterocycles. The van der Waals surface area contributed by atoms with Gasteiger partial charge in [-0.1, -0.05) is 13.8 Å². The number of nitrogens with two attached hydrogens (primary N) is 1. The van der Waals surface area contributed by atoms with Gasteiger partial charge < -0.3 is 15.4 Å². The molecule has 3 N–H and O–H groups in total. The van der Waals surface area contributed by atoms with Crippen molar-refractivity contribution in [3.63, 3.8) is 0 Å². The third-order valence-corrected chi connectivity index (χ3v) is 3.49. The number of benzene rings is 1. The average molecular weight is 301 g/mol. The number of hydrogen-bond donors (Lipinski definition) is 2. The highest BCUT2D eigenvalue weighted by Gasteiger charge is 2.39. The molecule has 0 amide bonds. The highest BCUT2D eigenvalue weighted by atomic mass is 19.4. The third-order valence-electron chi connectivity index (χ3n) is 3.49. The standard InChI is InChI=1S/C14H18F3N3O/c1-8(2)11(5-6-21)20-12-4-3-9(18)7-10(12)19-13(20)14(15,16)17/h3-4,7-8,11,21H,5-6,18H2,1-2H3. The minimum atomic E-state index is -4.56. The second-order valence-electron chi connectivity index (χ2n) is 5.37. The highest BCUT2D eigenvalue weighted by molar-refractivity contribution is 5.80. The molecule has 1 aromatic carbocycles. The molecule has 1 unspecified atom stereocenters. The number of halogens is 3. The molecule has 2 rings (SSSR count). The van der Waals surface area contributed by atoms with Crippen LogP contribution in [0.1, 0.15) is 32.1 Å². The molecule has 4 nitrogen and oxygen atoms in total. The Hall–Kier alpha value is -1.76. The van der Waals surface area contributed by atoms with Crippen molar-refractivity contribution in [1.29, 1.82) is 0 Å². The number of aromatic nitrogens is 2. The molecule has 0 aliphatic rings. The largest absolute Gasteiger partial charge is 0.449 e. The normalized spacial score (nSPS) is 14.0. The van der Waals surface area contributed by atoms with E-state index in [2.05, 4.69) is 4.98 Å². The molecule has 2 aromatic rings. The van der Waals surface area contributed by atoms with Gasteiger partial charge in [-0.15, -0.1) is 0 Å². The Bertz CT molecular complexity index is 634. The van der Waals surface area contributed by atoms with E-state index >= 15 is 0 Å². The molecule has 0 saturated heterocycles. The van der Waals surface area contributed by atoms with Gasteiger partial charge >= 0.3 is 6.18 Å². The lowest BCUT2D eigenvalue weighted by atomic mass is 10.0. The van der Waals surface area contributed by atoms with Crippen LogP contribution in [0.15, 0.2) is 18.2 Å². The van der Waals surface area contributed by atoms with E-state index < -0.39 is 18.0 Å². The summed E-state index contributed by atoms with van der Waals surface area (Å²) >= 11 is 0. The van der Waals surface area contributed by atoms with Crippen molar-refractivity contribution >= 4 is 16.7 Å². The van der Waals surface area contributed by atoms with Crippen LogP contribution in [0.4, 0.5) is 18.9 Å².